The van der Waals surface area contributed by atoms with Crippen LogP contribution in [0.2, 0.25) is 0 Å². The van der Waals surface area contributed by atoms with E-state index in [-0.39, 0.29) is 23.7 Å². The molecule has 5 rings (SSSR count). The Hall–Kier alpha value is -3.39. The number of hydrogen-bond acceptors (Lipinski definition) is 6. The summed E-state index contributed by atoms with van der Waals surface area (Å²) in [7, 11) is 1.68. The van der Waals surface area contributed by atoms with Crippen LogP contribution in [0.3, 0.4) is 0 Å². The largest absolute Gasteiger partial charge is 0.497 e. The van der Waals surface area contributed by atoms with Crippen molar-refractivity contribution in [1.82, 2.24) is 15.1 Å². The third-order valence-electron chi connectivity index (χ3n) is 9.02. The molecule has 40 heavy (non-hydrogen) atoms. The van der Waals surface area contributed by atoms with Gasteiger partial charge in [-0.05, 0) is 79.0 Å². The van der Waals surface area contributed by atoms with Crippen LogP contribution < -0.4 is 15.8 Å². The molecule has 2 fully saturated rings. The summed E-state index contributed by atoms with van der Waals surface area (Å²) in [5.74, 6) is 1.37. The number of nitrogens with zero attached hydrogens (tertiary/aromatic N) is 3. The fourth-order valence-corrected chi connectivity index (χ4v) is 6.41. The van der Waals surface area contributed by atoms with Crippen LogP contribution in [0.25, 0.3) is 11.1 Å². The number of carbonyl (C=O) groups excluding carboxylic acids is 2. The highest BCUT2D eigenvalue weighted by Crippen LogP contribution is 2.37. The molecular weight excluding hydrogens is 502 g/mol. The molecule has 8 heteroatoms. The second kappa shape index (κ2) is 12.0. The number of guanidine groups is 1. The van der Waals surface area contributed by atoms with Crippen LogP contribution in [0, 0.1) is 5.92 Å². The highest BCUT2D eigenvalue weighted by atomic mass is 16.5. The molecule has 2 heterocycles. The zero-order chi connectivity index (χ0) is 28.3. The predicted octanol–water partition coefficient (Wildman–Crippen LogP) is 4.42. The number of ether oxygens (including phenoxy) is 1. The first kappa shape index (κ1) is 28.1. The Morgan fingerprint density at radius 1 is 1.10 bits per heavy atom. The van der Waals surface area contributed by atoms with Crippen molar-refractivity contribution in [3.63, 3.8) is 0 Å². The summed E-state index contributed by atoms with van der Waals surface area (Å²) in [6, 6.07) is 14.9. The lowest BCUT2D eigenvalue weighted by Gasteiger charge is -2.33. The van der Waals surface area contributed by atoms with Crippen molar-refractivity contribution in [2.75, 3.05) is 26.7 Å². The fourth-order valence-electron chi connectivity index (χ4n) is 6.41. The minimum absolute atomic E-state index is 0.0963. The van der Waals surface area contributed by atoms with Crippen molar-refractivity contribution in [1.29, 1.82) is 0 Å². The minimum atomic E-state index is -1.08. The molecule has 2 aromatic carbocycles. The lowest BCUT2D eigenvalue weighted by Crippen LogP contribution is -2.46. The van der Waals surface area contributed by atoms with Crippen molar-refractivity contribution in [3.8, 4) is 16.9 Å². The predicted molar refractivity (Wildman–Crippen MR) is 158 cm³/mol. The van der Waals surface area contributed by atoms with E-state index in [4.69, 9.17) is 15.5 Å². The lowest BCUT2D eigenvalue weighted by molar-refractivity contribution is -0.133. The molecule has 0 bridgehead atoms. The molecule has 1 saturated heterocycles. The molecule has 0 radical (unpaired) electrons. The maximum absolute atomic E-state index is 13.8. The highest BCUT2D eigenvalue weighted by molar-refractivity contribution is 6.07. The SMILES string of the molecule is COc1ccc(CNC2CCCCC2)c(-c2cccc(C3(C)N=C(N)N(CC4CCN(C(C)=O)CC4)C3=O)c2)c1. The van der Waals surface area contributed by atoms with Gasteiger partial charge in [-0.25, -0.2) is 4.99 Å². The third kappa shape index (κ3) is 5.87. The van der Waals surface area contributed by atoms with Gasteiger partial charge in [0.25, 0.3) is 5.91 Å². The Labute approximate surface area is 238 Å². The van der Waals surface area contributed by atoms with Gasteiger partial charge in [-0.3, -0.25) is 14.5 Å². The number of likely N-dealkylation sites (tertiary alicyclic amines) is 1. The second-order valence-corrected chi connectivity index (χ2v) is 11.7. The second-order valence-electron chi connectivity index (χ2n) is 11.7. The normalized spacial score (nSPS) is 22.5. The molecule has 1 atom stereocenters. The van der Waals surface area contributed by atoms with E-state index in [1.807, 2.05) is 30.0 Å². The van der Waals surface area contributed by atoms with Gasteiger partial charge >= 0.3 is 0 Å². The van der Waals surface area contributed by atoms with E-state index in [0.717, 1.165) is 54.9 Å². The molecule has 3 N–H and O–H groups in total. The standard InChI is InChI=1S/C32H43N5O3/c1-22(38)36-16-14-23(15-17-36)21-37-30(39)32(2,35-31(37)33)26-9-7-8-24(18-26)29-19-28(40-3)13-12-25(29)20-34-27-10-5-4-6-11-27/h7-9,12-13,18-19,23,27,34H,4-6,10-11,14-17,20-21H2,1-3H3,(H2,33,35). The molecule has 3 aliphatic rings. The number of benzene rings is 2. The Morgan fingerprint density at radius 2 is 1.85 bits per heavy atom. The maximum atomic E-state index is 13.8. The summed E-state index contributed by atoms with van der Waals surface area (Å²) >= 11 is 0. The molecule has 0 aromatic heterocycles. The number of nitrogens with one attached hydrogen (secondary N) is 1. The van der Waals surface area contributed by atoms with Crippen LogP contribution in [0.4, 0.5) is 0 Å². The zero-order valence-corrected chi connectivity index (χ0v) is 24.1. The summed E-state index contributed by atoms with van der Waals surface area (Å²) in [4.78, 5) is 33.7. The molecule has 1 saturated carbocycles. The Morgan fingerprint density at radius 3 is 2.55 bits per heavy atom. The van der Waals surface area contributed by atoms with Gasteiger partial charge in [-0.1, -0.05) is 43.5 Å². The van der Waals surface area contributed by atoms with Crippen molar-refractivity contribution in [2.24, 2.45) is 16.6 Å². The number of rotatable bonds is 8. The van der Waals surface area contributed by atoms with Gasteiger partial charge in [0.1, 0.15) is 5.75 Å². The molecule has 2 aliphatic heterocycles. The van der Waals surface area contributed by atoms with E-state index < -0.39 is 5.54 Å². The van der Waals surface area contributed by atoms with Crippen LogP contribution in [0.5, 0.6) is 5.75 Å². The number of piperidine rings is 1. The van der Waals surface area contributed by atoms with Gasteiger partial charge < -0.3 is 20.7 Å². The summed E-state index contributed by atoms with van der Waals surface area (Å²) in [5, 5.41) is 3.77. The molecular formula is C32H43N5O3. The number of nitrogens with two attached hydrogens (primary N) is 1. The first-order valence-corrected chi connectivity index (χ1v) is 14.7. The Bertz CT molecular complexity index is 1260. The van der Waals surface area contributed by atoms with Crippen LogP contribution in [0.15, 0.2) is 47.5 Å². The average Bonchev–Trinajstić information content (AvgIpc) is 3.20. The van der Waals surface area contributed by atoms with Gasteiger partial charge in [-0.2, -0.15) is 0 Å². The number of amides is 2. The third-order valence-corrected chi connectivity index (χ3v) is 9.02. The van der Waals surface area contributed by atoms with E-state index in [1.165, 1.54) is 37.7 Å². The quantitative estimate of drug-likeness (QED) is 0.512. The van der Waals surface area contributed by atoms with Crippen LogP contribution in [-0.4, -0.2) is 60.4 Å². The van der Waals surface area contributed by atoms with E-state index in [9.17, 15) is 9.59 Å². The first-order valence-electron chi connectivity index (χ1n) is 14.7. The van der Waals surface area contributed by atoms with E-state index in [2.05, 4.69) is 29.6 Å². The number of hydrogen-bond donors (Lipinski definition) is 2. The topological polar surface area (TPSA) is 100 Å². The molecule has 2 amide bonds. The Kier molecular flexibility index (Phi) is 8.45. The number of carbonyl (C=O) groups is 2. The van der Waals surface area contributed by atoms with Gasteiger partial charge in [-0.15, -0.1) is 0 Å². The minimum Gasteiger partial charge on any atom is -0.497 e. The van der Waals surface area contributed by atoms with Gasteiger partial charge in [0.2, 0.25) is 5.91 Å². The van der Waals surface area contributed by atoms with Crippen molar-refractivity contribution < 1.29 is 14.3 Å². The van der Waals surface area contributed by atoms with Crippen LogP contribution in [0.1, 0.15) is 69.9 Å². The van der Waals surface area contributed by atoms with Gasteiger partial charge in [0.15, 0.2) is 11.5 Å². The smallest absolute Gasteiger partial charge is 0.261 e. The molecule has 1 aliphatic carbocycles. The maximum Gasteiger partial charge on any atom is 0.261 e. The summed E-state index contributed by atoms with van der Waals surface area (Å²) in [5.41, 5.74) is 9.41. The number of methoxy groups -OCH3 is 1. The van der Waals surface area contributed by atoms with Gasteiger partial charge in [0, 0.05) is 39.1 Å². The monoisotopic (exact) mass is 545 g/mol. The number of aliphatic imine (C=N–C) groups is 1. The average molecular weight is 546 g/mol. The first-order chi connectivity index (χ1) is 19.3. The van der Waals surface area contributed by atoms with Gasteiger partial charge in [0.05, 0.1) is 7.11 Å². The zero-order valence-electron chi connectivity index (χ0n) is 24.1. The highest BCUT2D eigenvalue weighted by Gasteiger charge is 2.46. The van der Waals surface area contributed by atoms with Crippen molar-refractivity contribution >= 4 is 17.8 Å². The van der Waals surface area contributed by atoms with E-state index in [1.54, 1.807) is 18.9 Å². The molecule has 0 spiro atoms. The van der Waals surface area contributed by atoms with Crippen molar-refractivity contribution in [2.45, 2.75) is 76.9 Å². The summed E-state index contributed by atoms with van der Waals surface area (Å²) < 4.78 is 5.57. The lowest BCUT2D eigenvalue weighted by atomic mass is 9.88. The Balaban J connectivity index is 1.35. The molecule has 1 unspecified atom stereocenters. The van der Waals surface area contributed by atoms with Crippen LogP contribution >= 0.6 is 0 Å². The summed E-state index contributed by atoms with van der Waals surface area (Å²) in [6.45, 7) is 6.22. The molecule has 8 nitrogen and oxygen atoms in total. The van der Waals surface area contributed by atoms with E-state index >= 15 is 0 Å². The van der Waals surface area contributed by atoms with Crippen molar-refractivity contribution in [3.05, 3.63) is 53.6 Å². The molecule has 214 valence electrons. The summed E-state index contributed by atoms with van der Waals surface area (Å²) in [6.07, 6.45) is 8.09. The fraction of sp³-hybridized carbons (Fsp3) is 0.531. The van der Waals surface area contributed by atoms with Crippen LogP contribution in [-0.2, 0) is 21.7 Å². The molecule has 2 aromatic rings. The van der Waals surface area contributed by atoms with E-state index in [0.29, 0.717) is 12.6 Å².